The zero-order chi connectivity index (χ0) is 14.8. The first-order valence-corrected chi connectivity index (χ1v) is 6.32. The number of aliphatic hydroxyl groups excluding tert-OH is 1. The summed E-state index contributed by atoms with van der Waals surface area (Å²) < 4.78 is 44.3. The molecule has 3 N–H and O–H groups in total. The maximum atomic E-state index is 13.0. The van der Waals surface area contributed by atoms with Crippen molar-refractivity contribution >= 4 is 5.69 Å². The Morgan fingerprint density at radius 1 is 1.40 bits per heavy atom. The summed E-state index contributed by atoms with van der Waals surface area (Å²) in [6, 6.07) is 3.76. The van der Waals surface area contributed by atoms with E-state index in [1.54, 1.807) is 11.0 Å². The normalized spacial score (nSPS) is 20.2. The molecule has 1 heterocycles. The van der Waals surface area contributed by atoms with Crippen molar-refractivity contribution in [2.45, 2.75) is 18.8 Å². The molecule has 7 heteroatoms. The molecule has 1 aliphatic heterocycles. The van der Waals surface area contributed by atoms with Crippen LogP contribution in [-0.2, 0) is 17.5 Å². The predicted molar refractivity (Wildman–Crippen MR) is 68.4 cm³/mol. The van der Waals surface area contributed by atoms with E-state index in [4.69, 9.17) is 10.5 Å². The third-order valence-corrected chi connectivity index (χ3v) is 3.39. The summed E-state index contributed by atoms with van der Waals surface area (Å²) >= 11 is 0. The van der Waals surface area contributed by atoms with Gasteiger partial charge in [-0.15, -0.1) is 0 Å². The number of hydrogen-bond acceptors (Lipinski definition) is 4. The molecule has 0 aliphatic carbocycles. The maximum Gasteiger partial charge on any atom is 0.416 e. The predicted octanol–water partition coefficient (Wildman–Crippen LogP) is 1.36. The van der Waals surface area contributed by atoms with Gasteiger partial charge in [-0.25, -0.2) is 0 Å². The molecule has 1 fully saturated rings. The van der Waals surface area contributed by atoms with E-state index >= 15 is 0 Å². The van der Waals surface area contributed by atoms with Gasteiger partial charge in [0.2, 0.25) is 0 Å². The topological polar surface area (TPSA) is 58.7 Å². The summed E-state index contributed by atoms with van der Waals surface area (Å²) in [5.41, 5.74) is 5.13. The minimum Gasteiger partial charge on any atom is -0.394 e. The lowest BCUT2D eigenvalue weighted by Gasteiger charge is -2.36. The third-order valence-electron chi connectivity index (χ3n) is 3.39. The molecule has 0 radical (unpaired) electrons. The highest BCUT2D eigenvalue weighted by molar-refractivity contribution is 5.53. The lowest BCUT2D eigenvalue weighted by atomic mass is 10.0. The van der Waals surface area contributed by atoms with Gasteiger partial charge in [-0.2, -0.15) is 13.2 Å². The van der Waals surface area contributed by atoms with Crippen LogP contribution in [0.2, 0.25) is 0 Å². The van der Waals surface area contributed by atoms with Gasteiger partial charge in [0.05, 0.1) is 31.4 Å². The number of ether oxygens (including phenoxy) is 1. The van der Waals surface area contributed by atoms with Gasteiger partial charge in [0.25, 0.3) is 0 Å². The number of nitrogens with two attached hydrogens (primary N) is 1. The number of hydrogen-bond donors (Lipinski definition) is 2. The second kappa shape index (κ2) is 5.99. The summed E-state index contributed by atoms with van der Waals surface area (Å²) in [5.74, 6) is 0. The number of benzene rings is 1. The first-order chi connectivity index (χ1) is 9.47. The van der Waals surface area contributed by atoms with E-state index in [0.29, 0.717) is 25.4 Å². The molecule has 1 saturated heterocycles. The molecule has 1 unspecified atom stereocenters. The van der Waals surface area contributed by atoms with Crippen LogP contribution in [0.25, 0.3) is 0 Å². The minimum atomic E-state index is -4.44. The number of anilines is 1. The molecule has 1 aromatic rings. The van der Waals surface area contributed by atoms with Crippen molar-refractivity contribution in [1.82, 2.24) is 0 Å². The first-order valence-electron chi connectivity index (χ1n) is 6.32. The number of nitrogens with zero attached hydrogens (tertiary/aromatic N) is 1. The molecule has 0 bridgehead atoms. The van der Waals surface area contributed by atoms with Crippen molar-refractivity contribution in [2.75, 3.05) is 31.3 Å². The van der Waals surface area contributed by atoms with Crippen molar-refractivity contribution in [3.8, 4) is 0 Å². The fourth-order valence-electron chi connectivity index (χ4n) is 2.33. The van der Waals surface area contributed by atoms with Gasteiger partial charge in [-0.3, -0.25) is 0 Å². The van der Waals surface area contributed by atoms with Gasteiger partial charge in [-0.05, 0) is 17.7 Å². The lowest BCUT2D eigenvalue weighted by molar-refractivity contribution is -0.138. The fourth-order valence-corrected chi connectivity index (χ4v) is 2.33. The lowest BCUT2D eigenvalue weighted by Crippen LogP contribution is -2.47. The zero-order valence-corrected chi connectivity index (χ0v) is 10.9. The van der Waals surface area contributed by atoms with E-state index in [1.165, 1.54) is 6.07 Å². The van der Waals surface area contributed by atoms with Crippen molar-refractivity contribution in [2.24, 2.45) is 5.73 Å². The van der Waals surface area contributed by atoms with Crippen molar-refractivity contribution in [1.29, 1.82) is 0 Å². The van der Waals surface area contributed by atoms with Crippen molar-refractivity contribution < 1.29 is 23.0 Å². The molecule has 112 valence electrons. The summed E-state index contributed by atoms with van der Waals surface area (Å²) in [7, 11) is 0. The summed E-state index contributed by atoms with van der Waals surface area (Å²) in [6.45, 7) is 0.846. The van der Waals surface area contributed by atoms with Gasteiger partial charge < -0.3 is 20.5 Å². The van der Waals surface area contributed by atoms with E-state index in [2.05, 4.69) is 0 Å². The van der Waals surface area contributed by atoms with Gasteiger partial charge in [0.15, 0.2) is 0 Å². The number of rotatable bonds is 3. The van der Waals surface area contributed by atoms with E-state index < -0.39 is 11.7 Å². The Labute approximate surface area is 114 Å². The Hall–Kier alpha value is -1.31. The molecular weight excluding hydrogens is 273 g/mol. The van der Waals surface area contributed by atoms with E-state index in [-0.39, 0.29) is 24.8 Å². The average Bonchev–Trinajstić information content (AvgIpc) is 2.45. The second-order valence-electron chi connectivity index (χ2n) is 4.65. The molecule has 4 nitrogen and oxygen atoms in total. The molecule has 20 heavy (non-hydrogen) atoms. The summed E-state index contributed by atoms with van der Waals surface area (Å²) in [4.78, 5) is 1.74. The molecule has 1 atom stereocenters. The minimum absolute atomic E-state index is 0.0649. The first kappa shape index (κ1) is 15.1. The molecule has 2 rings (SSSR count). The fraction of sp³-hybridized carbons (Fsp3) is 0.538. The largest absolute Gasteiger partial charge is 0.416 e. The quantitative estimate of drug-likeness (QED) is 0.882. The van der Waals surface area contributed by atoms with Gasteiger partial charge in [0.1, 0.15) is 0 Å². The average molecular weight is 290 g/mol. The third kappa shape index (κ3) is 3.05. The van der Waals surface area contributed by atoms with Crippen molar-refractivity contribution in [3.63, 3.8) is 0 Å². The molecule has 0 spiro atoms. The Morgan fingerprint density at radius 2 is 2.15 bits per heavy atom. The molecule has 0 saturated carbocycles. The molecule has 1 aliphatic rings. The van der Waals surface area contributed by atoms with Crippen LogP contribution in [0.5, 0.6) is 0 Å². The Balaban J connectivity index is 2.37. The van der Waals surface area contributed by atoms with E-state index in [0.717, 1.165) is 6.07 Å². The van der Waals surface area contributed by atoms with Crippen LogP contribution in [0.1, 0.15) is 11.1 Å². The number of alkyl halides is 3. The van der Waals surface area contributed by atoms with Gasteiger partial charge in [0, 0.05) is 18.8 Å². The van der Waals surface area contributed by atoms with Gasteiger partial charge in [-0.1, -0.05) is 6.07 Å². The van der Waals surface area contributed by atoms with Crippen LogP contribution < -0.4 is 10.6 Å². The van der Waals surface area contributed by atoms with Crippen LogP contribution in [0.3, 0.4) is 0 Å². The summed E-state index contributed by atoms with van der Waals surface area (Å²) in [5, 5.41) is 9.29. The van der Waals surface area contributed by atoms with Crippen molar-refractivity contribution in [3.05, 3.63) is 29.3 Å². The molecule has 1 aromatic carbocycles. The van der Waals surface area contributed by atoms with Gasteiger partial charge >= 0.3 is 6.18 Å². The smallest absolute Gasteiger partial charge is 0.394 e. The Morgan fingerprint density at radius 3 is 2.75 bits per heavy atom. The number of aliphatic hydroxyl groups is 1. The van der Waals surface area contributed by atoms with Crippen LogP contribution in [0, 0.1) is 0 Å². The second-order valence-corrected chi connectivity index (χ2v) is 4.65. The highest BCUT2D eigenvalue weighted by Crippen LogP contribution is 2.35. The zero-order valence-electron chi connectivity index (χ0n) is 10.9. The number of halogens is 3. The monoisotopic (exact) mass is 290 g/mol. The maximum absolute atomic E-state index is 13.0. The van der Waals surface area contributed by atoms with Crippen LogP contribution in [0.15, 0.2) is 18.2 Å². The van der Waals surface area contributed by atoms with Crippen LogP contribution >= 0.6 is 0 Å². The SMILES string of the molecule is NCc1ccc(N2CCOCC2CO)cc1C(F)(F)F. The highest BCUT2D eigenvalue weighted by Gasteiger charge is 2.34. The molecular formula is C13H17F3N2O2. The van der Waals surface area contributed by atoms with E-state index in [9.17, 15) is 18.3 Å². The standard InChI is InChI=1S/C13H17F3N2O2/c14-13(15,16)12-5-10(2-1-9(12)6-17)18-3-4-20-8-11(18)7-19/h1-2,5,11,19H,3-4,6-8,17H2. The Kier molecular flexibility index (Phi) is 4.52. The number of morpholine rings is 1. The highest BCUT2D eigenvalue weighted by atomic mass is 19.4. The molecule has 0 aromatic heterocycles. The van der Waals surface area contributed by atoms with Crippen LogP contribution in [0.4, 0.5) is 18.9 Å². The summed E-state index contributed by atoms with van der Waals surface area (Å²) in [6.07, 6.45) is -4.44. The molecule has 0 amide bonds. The van der Waals surface area contributed by atoms with Crippen LogP contribution in [-0.4, -0.2) is 37.5 Å². The Bertz CT molecular complexity index is 465. The van der Waals surface area contributed by atoms with E-state index in [1.807, 2.05) is 0 Å².